The quantitative estimate of drug-likeness (QED) is 0.895. The van der Waals surface area contributed by atoms with Crippen LogP contribution >= 0.6 is 0 Å². The van der Waals surface area contributed by atoms with Crippen LogP contribution in [-0.4, -0.2) is 12.5 Å². The molecule has 1 atom stereocenters. The Labute approximate surface area is 126 Å². The molecule has 0 aromatic heterocycles. The minimum atomic E-state index is -0.430. The van der Waals surface area contributed by atoms with Crippen molar-refractivity contribution in [3.63, 3.8) is 0 Å². The van der Waals surface area contributed by atoms with E-state index in [1.807, 2.05) is 6.92 Å². The van der Waals surface area contributed by atoms with E-state index in [0.29, 0.717) is 12.5 Å². The van der Waals surface area contributed by atoms with Crippen molar-refractivity contribution in [2.24, 2.45) is 17.1 Å². The van der Waals surface area contributed by atoms with Crippen molar-refractivity contribution in [3.8, 4) is 0 Å². The summed E-state index contributed by atoms with van der Waals surface area (Å²) < 4.78 is 13.0. The van der Waals surface area contributed by atoms with Gasteiger partial charge in [-0.1, -0.05) is 19.1 Å². The first-order chi connectivity index (χ1) is 9.97. The second kappa shape index (κ2) is 6.56. The van der Waals surface area contributed by atoms with Gasteiger partial charge in [0.2, 0.25) is 5.91 Å². The Morgan fingerprint density at radius 2 is 1.95 bits per heavy atom. The van der Waals surface area contributed by atoms with Crippen LogP contribution in [0.25, 0.3) is 0 Å². The van der Waals surface area contributed by atoms with E-state index in [0.717, 1.165) is 31.2 Å². The third-order valence-corrected chi connectivity index (χ3v) is 4.82. The second-order valence-electron chi connectivity index (χ2n) is 6.41. The summed E-state index contributed by atoms with van der Waals surface area (Å²) in [5.41, 5.74) is 6.38. The fourth-order valence-corrected chi connectivity index (χ4v) is 3.02. The number of amides is 1. The number of benzene rings is 1. The third kappa shape index (κ3) is 3.62. The van der Waals surface area contributed by atoms with Crippen molar-refractivity contribution in [1.82, 2.24) is 5.32 Å². The van der Waals surface area contributed by atoms with Crippen molar-refractivity contribution >= 4 is 5.91 Å². The summed E-state index contributed by atoms with van der Waals surface area (Å²) in [7, 11) is 0. The fourth-order valence-electron chi connectivity index (χ4n) is 3.02. The highest BCUT2D eigenvalue weighted by molar-refractivity contribution is 5.83. The molecule has 0 aliphatic heterocycles. The topological polar surface area (TPSA) is 55.1 Å². The van der Waals surface area contributed by atoms with Crippen molar-refractivity contribution < 1.29 is 9.18 Å². The van der Waals surface area contributed by atoms with Crippen molar-refractivity contribution in [3.05, 3.63) is 35.6 Å². The Bertz CT molecular complexity index is 478. The van der Waals surface area contributed by atoms with Gasteiger partial charge in [-0.2, -0.15) is 0 Å². The minimum absolute atomic E-state index is 0.0359. The van der Waals surface area contributed by atoms with Crippen LogP contribution in [-0.2, 0) is 4.79 Å². The molecule has 1 aromatic carbocycles. The Morgan fingerprint density at radius 1 is 1.38 bits per heavy atom. The number of carbonyl (C=O) groups excluding carboxylic acids is 1. The number of rotatable bonds is 4. The highest BCUT2D eigenvalue weighted by atomic mass is 19.1. The Morgan fingerprint density at radius 3 is 2.48 bits per heavy atom. The highest BCUT2D eigenvalue weighted by Gasteiger charge is 2.40. The molecule has 3 N–H and O–H groups in total. The van der Waals surface area contributed by atoms with Gasteiger partial charge >= 0.3 is 0 Å². The van der Waals surface area contributed by atoms with Gasteiger partial charge in [0, 0.05) is 6.54 Å². The molecule has 1 saturated carbocycles. The molecule has 21 heavy (non-hydrogen) atoms. The standard InChI is InChI=1S/C17H25FN2O/c1-12-7-9-17(11-19,10-8-12)16(21)20-13(2)14-3-5-15(18)6-4-14/h3-6,12-13H,7-11,19H2,1-2H3,(H,20,21). The van der Waals surface area contributed by atoms with Crippen LogP contribution in [0, 0.1) is 17.2 Å². The lowest BCUT2D eigenvalue weighted by molar-refractivity contribution is -0.133. The predicted octanol–water partition coefficient (Wildman–Crippen LogP) is 3.16. The fraction of sp³-hybridized carbons (Fsp3) is 0.588. The number of halogens is 1. The molecule has 0 heterocycles. The van der Waals surface area contributed by atoms with E-state index in [2.05, 4.69) is 12.2 Å². The van der Waals surface area contributed by atoms with Gasteiger partial charge in [-0.15, -0.1) is 0 Å². The van der Waals surface area contributed by atoms with E-state index in [4.69, 9.17) is 5.73 Å². The summed E-state index contributed by atoms with van der Waals surface area (Å²) >= 11 is 0. The summed E-state index contributed by atoms with van der Waals surface area (Å²) in [4.78, 5) is 12.6. The molecular formula is C17H25FN2O. The largest absolute Gasteiger partial charge is 0.349 e. The lowest BCUT2D eigenvalue weighted by Crippen LogP contribution is -2.48. The molecule has 0 spiro atoms. The van der Waals surface area contributed by atoms with Crippen LogP contribution in [0.3, 0.4) is 0 Å². The molecule has 1 aromatic rings. The first-order valence-corrected chi connectivity index (χ1v) is 7.73. The van der Waals surface area contributed by atoms with Crippen molar-refractivity contribution in [2.75, 3.05) is 6.54 Å². The van der Waals surface area contributed by atoms with Gasteiger partial charge in [0.05, 0.1) is 11.5 Å². The second-order valence-corrected chi connectivity index (χ2v) is 6.41. The van der Waals surface area contributed by atoms with Gasteiger partial charge in [0.25, 0.3) is 0 Å². The molecule has 1 aliphatic carbocycles. The van der Waals surface area contributed by atoms with Gasteiger partial charge in [0.15, 0.2) is 0 Å². The maximum atomic E-state index is 13.0. The summed E-state index contributed by atoms with van der Waals surface area (Å²) in [5.74, 6) is 0.442. The maximum absolute atomic E-state index is 13.0. The molecule has 0 bridgehead atoms. The Hall–Kier alpha value is -1.42. The third-order valence-electron chi connectivity index (χ3n) is 4.82. The van der Waals surface area contributed by atoms with Crippen LogP contribution in [0.5, 0.6) is 0 Å². The maximum Gasteiger partial charge on any atom is 0.227 e. The van der Waals surface area contributed by atoms with Crippen molar-refractivity contribution in [2.45, 2.75) is 45.6 Å². The Kier molecular flexibility index (Phi) is 4.99. The first-order valence-electron chi connectivity index (χ1n) is 7.73. The predicted molar refractivity (Wildman–Crippen MR) is 82.1 cm³/mol. The van der Waals surface area contributed by atoms with Crippen LogP contribution in [0.2, 0.25) is 0 Å². The lowest BCUT2D eigenvalue weighted by Gasteiger charge is -2.38. The molecule has 116 valence electrons. The van der Waals surface area contributed by atoms with Crippen LogP contribution < -0.4 is 11.1 Å². The summed E-state index contributed by atoms with van der Waals surface area (Å²) in [6.07, 6.45) is 3.81. The zero-order valence-electron chi connectivity index (χ0n) is 12.9. The highest BCUT2D eigenvalue weighted by Crippen LogP contribution is 2.38. The van der Waals surface area contributed by atoms with E-state index < -0.39 is 5.41 Å². The minimum Gasteiger partial charge on any atom is -0.349 e. The molecule has 0 radical (unpaired) electrons. The zero-order chi connectivity index (χ0) is 15.5. The zero-order valence-corrected chi connectivity index (χ0v) is 12.9. The van der Waals surface area contributed by atoms with Gasteiger partial charge in [0.1, 0.15) is 5.82 Å². The number of carbonyl (C=O) groups is 1. The number of nitrogens with one attached hydrogen (secondary N) is 1. The molecule has 1 unspecified atom stereocenters. The van der Waals surface area contributed by atoms with E-state index in [1.165, 1.54) is 12.1 Å². The van der Waals surface area contributed by atoms with Crippen LogP contribution in [0.4, 0.5) is 4.39 Å². The molecule has 2 rings (SSSR count). The number of hydrogen-bond donors (Lipinski definition) is 2. The molecule has 1 amide bonds. The van der Waals surface area contributed by atoms with Gasteiger partial charge in [-0.25, -0.2) is 4.39 Å². The smallest absolute Gasteiger partial charge is 0.227 e. The first kappa shape index (κ1) is 16.0. The SMILES string of the molecule is CC1CCC(CN)(C(=O)NC(C)c2ccc(F)cc2)CC1. The van der Waals surface area contributed by atoms with E-state index in [-0.39, 0.29) is 17.8 Å². The molecule has 4 heteroatoms. The average molecular weight is 292 g/mol. The van der Waals surface area contributed by atoms with E-state index in [1.54, 1.807) is 12.1 Å². The molecule has 3 nitrogen and oxygen atoms in total. The summed E-state index contributed by atoms with van der Waals surface area (Å²) in [6, 6.07) is 6.11. The van der Waals surface area contributed by atoms with Crippen molar-refractivity contribution in [1.29, 1.82) is 0 Å². The Balaban J connectivity index is 2.03. The normalized spacial score (nSPS) is 27.1. The van der Waals surface area contributed by atoms with E-state index >= 15 is 0 Å². The van der Waals surface area contributed by atoms with Gasteiger partial charge in [-0.3, -0.25) is 4.79 Å². The van der Waals surface area contributed by atoms with Crippen LogP contribution in [0.15, 0.2) is 24.3 Å². The summed E-state index contributed by atoms with van der Waals surface area (Å²) in [6.45, 7) is 4.53. The summed E-state index contributed by atoms with van der Waals surface area (Å²) in [5, 5.41) is 3.05. The number of nitrogens with two attached hydrogens (primary N) is 1. The monoisotopic (exact) mass is 292 g/mol. The lowest BCUT2D eigenvalue weighted by atomic mass is 9.70. The molecule has 0 saturated heterocycles. The molecular weight excluding hydrogens is 267 g/mol. The van der Waals surface area contributed by atoms with E-state index in [9.17, 15) is 9.18 Å². The van der Waals surface area contributed by atoms with Gasteiger partial charge in [-0.05, 0) is 56.2 Å². The van der Waals surface area contributed by atoms with Crippen LogP contribution in [0.1, 0.15) is 51.1 Å². The molecule has 1 fully saturated rings. The molecule has 1 aliphatic rings. The number of hydrogen-bond acceptors (Lipinski definition) is 2. The van der Waals surface area contributed by atoms with Gasteiger partial charge < -0.3 is 11.1 Å². The average Bonchev–Trinajstić information content (AvgIpc) is 2.49.